The van der Waals surface area contributed by atoms with E-state index in [0.29, 0.717) is 5.92 Å². The molecule has 0 saturated carbocycles. The first-order valence-electron chi connectivity index (χ1n) is 8.02. The summed E-state index contributed by atoms with van der Waals surface area (Å²) in [5.74, 6) is 0.427. The summed E-state index contributed by atoms with van der Waals surface area (Å²) in [7, 11) is -4.08. The van der Waals surface area contributed by atoms with Crippen LogP contribution in [0.4, 0.5) is 0 Å². The second-order valence-corrected chi connectivity index (χ2v) is 7.28. The molecule has 22 heavy (non-hydrogen) atoms. The monoisotopic (exact) mass is 336 g/mol. The van der Waals surface area contributed by atoms with E-state index in [1.54, 1.807) is 12.1 Å². The molecule has 1 N–H and O–H groups in total. The van der Waals surface area contributed by atoms with Crippen LogP contribution < -0.4 is 29.6 Å². The van der Waals surface area contributed by atoms with Gasteiger partial charge in [0.1, 0.15) is 0 Å². The minimum absolute atomic E-state index is 0. The van der Waals surface area contributed by atoms with E-state index in [9.17, 15) is 8.42 Å². The minimum Gasteiger partial charge on any atom is -1.00 e. The van der Waals surface area contributed by atoms with Gasteiger partial charge in [0.05, 0.1) is 4.90 Å². The molecule has 1 atom stereocenters. The van der Waals surface area contributed by atoms with E-state index in [1.165, 1.54) is 57.1 Å². The zero-order chi connectivity index (χ0) is 15.7. The van der Waals surface area contributed by atoms with E-state index < -0.39 is 10.1 Å². The Bertz CT molecular complexity index is 503. The van der Waals surface area contributed by atoms with E-state index in [0.717, 1.165) is 12.0 Å². The van der Waals surface area contributed by atoms with Gasteiger partial charge in [-0.05, 0) is 30.0 Å². The molecule has 0 aliphatic carbocycles. The predicted molar refractivity (Wildman–Crippen MR) is 88.4 cm³/mol. The first-order valence-corrected chi connectivity index (χ1v) is 9.46. The molecule has 1 aromatic rings. The summed E-state index contributed by atoms with van der Waals surface area (Å²) >= 11 is 0. The van der Waals surface area contributed by atoms with Crippen LogP contribution in [0.2, 0.25) is 0 Å². The van der Waals surface area contributed by atoms with Crippen molar-refractivity contribution in [3.63, 3.8) is 0 Å². The average molecular weight is 336 g/mol. The second-order valence-electron chi connectivity index (χ2n) is 5.86. The molecule has 0 aromatic heterocycles. The van der Waals surface area contributed by atoms with Gasteiger partial charge in [0, 0.05) is 0 Å². The first-order chi connectivity index (χ1) is 9.95. The van der Waals surface area contributed by atoms with Crippen LogP contribution in [0.1, 0.15) is 78.1 Å². The van der Waals surface area contributed by atoms with E-state index >= 15 is 0 Å². The van der Waals surface area contributed by atoms with Crippen molar-refractivity contribution < 1.29 is 44.0 Å². The molecule has 0 radical (unpaired) electrons. The molecule has 1 aromatic carbocycles. The van der Waals surface area contributed by atoms with Crippen LogP contribution in [0.15, 0.2) is 29.2 Å². The van der Waals surface area contributed by atoms with E-state index in [-0.39, 0.29) is 35.9 Å². The molecular weight excluding hydrogens is 307 g/mol. The molecule has 0 amide bonds. The van der Waals surface area contributed by atoms with Crippen molar-refractivity contribution in [2.24, 2.45) is 0 Å². The number of benzene rings is 1. The van der Waals surface area contributed by atoms with Gasteiger partial charge in [0.2, 0.25) is 0 Å². The molecule has 0 spiro atoms. The van der Waals surface area contributed by atoms with Crippen LogP contribution in [-0.2, 0) is 10.1 Å². The molecule has 5 heteroatoms. The fourth-order valence-electron chi connectivity index (χ4n) is 2.54. The molecule has 1 unspecified atom stereocenters. The van der Waals surface area contributed by atoms with Gasteiger partial charge in [-0.2, -0.15) is 8.42 Å². The standard InChI is InChI=1S/C17H28O3S.Na.H/c1-3-4-5-6-7-8-9-10-15(2)16-11-13-17(14-12-16)21(18,19)20;;/h11-15H,3-10H2,1-2H3,(H,18,19,20);;/q;+1;-1. The Morgan fingerprint density at radius 3 is 2.00 bits per heavy atom. The van der Waals surface area contributed by atoms with Gasteiger partial charge in [0.15, 0.2) is 0 Å². The predicted octanol–water partition coefficient (Wildman–Crippen LogP) is 2.29. The van der Waals surface area contributed by atoms with Crippen molar-refractivity contribution in [2.45, 2.75) is 76.0 Å². The van der Waals surface area contributed by atoms with E-state index in [1.807, 2.05) is 0 Å². The van der Waals surface area contributed by atoms with Crippen molar-refractivity contribution in [1.82, 2.24) is 0 Å². The van der Waals surface area contributed by atoms with Crippen molar-refractivity contribution in [3.05, 3.63) is 29.8 Å². The van der Waals surface area contributed by atoms with E-state index in [4.69, 9.17) is 4.55 Å². The fourth-order valence-corrected chi connectivity index (χ4v) is 3.02. The normalized spacial score (nSPS) is 12.7. The first kappa shape index (κ1) is 22.1. The maximum Gasteiger partial charge on any atom is 1.00 e. The third-order valence-electron chi connectivity index (χ3n) is 3.99. The molecular formula is C17H29NaO3S. The summed E-state index contributed by atoms with van der Waals surface area (Å²) in [6.07, 6.45) is 10.2. The Kier molecular flexibility index (Phi) is 11.7. The largest absolute Gasteiger partial charge is 1.00 e. The molecule has 0 aliphatic rings. The van der Waals surface area contributed by atoms with Crippen LogP contribution in [-0.4, -0.2) is 13.0 Å². The zero-order valence-corrected chi connectivity index (χ0v) is 17.0. The van der Waals surface area contributed by atoms with Gasteiger partial charge in [-0.25, -0.2) is 0 Å². The van der Waals surface area contributed by atoms with Crippen molar-refractivity contribution in [3.8, 4) is 0 Å². The molecule has 0 fully saturated rings. The third-order valence-corrected chi connectivity index (χ3v) is 4.86. The molecule has 0 aliphatic heterocycles. The number of hydrogen-bond acceptors (Lipinski definition) is 2. The van der Waals surface area contributed by atoms with Gasteiger partial charge in [-0.15, -0.1) is 0 Å². The fraction of sp³-hybridized carbons (Fsp3) is 0.647. The molecule has 0 bridgehead atoms. The van der Waals surface area contributed by atoms with Gasteiger partial charge in [-0.1, -0.05) is 70.9 Å². The number of unbranched alkanes of at least 4 members (excludes halogenated alkanes) is 6. The second kappa shape index (κ2) is 11.6. The quantitative estimate of drug-likeness (QED) is 0.405. The summed E-state index contributed by atoms with van der Waals surface area (Å²) in [6.45, 7) is 4.40. The van der Waals surface area contributed by atoms with Gasteiger partial charge in [-0.3, -0.25) is 4.55 Å². The average Bonchev–Trinajstić information content (AvgIpc) is 2.45. The SMILES string of the molecule is CCCCCCCCCC(C)c1ccc(S(=O)(=O)O)cc1.[H-].[Na+]. The summed E-state index contributed by atoms with van der Waals surface area (Å²) < 4.78 is 30.9. The van der Waals surface area contributed by atoms with Gasteiger partial charge < -0.3 is 1.43 Å². The van der Waals surface area contributed by atoms with Crippen LogP contribution in [0.3, 0.4) is 0 Å². The van der Waals surface area contributed by atoms with Crippen molar-refractivity contribution >= 4 is 10.1 Å². The topological polar surface area (TPSA) is 54.4 Å². The van der Waals surface area contributed by atoms with Crippen LogP contribution >= 0.6 is 0 Å². The Morgan fingerprint density at radius 2 is 1.50 bits per heavy atom. The summed E-state index contributed by atoms with van der Waals surface area (Å²) in [5, 5.41) is 0. The van der Waals surface area contributed by atoms with E-state index in [2.05, 4.69) is 13.8 Å². The van der Waals surface area contributed by atoms with Crippen LogP contribution in [0.5, 0.6) is 0 Å². The van der Waals surface area contributed by atoms with Gasteiger partial charge >= 0.3 is 29.6 Å². The summed E-state index contributed by atoms with van der Waals surface area (Å²) in [4.78, 5) is -0.0330. The van der Waals surface area contributed by atoms with Crippen molar-refractivity contribution in [1.29, 1.82) is 0 Å². The van der Waals surface area contributed by atoms with Crippen molar-refractivity contribution in [2.75, 3.05) is 0 Å². The molecule has 0 heterocycles. The molecule has 0 saturated heterocycles. The maximum atomic E-state index is 11.0. The smallest absolute Gasteiger partial charge is 1.00 e. The summed E-state index contributed by atoms with van der Waals surface area (Å²) in [6, 6.07) is 6.56. The van der Waals surface area contributed by atoms with Crippen LogP contribution in [0, 0.1) is 0 Å². The molecule has 1 rings (SSSR count). The maximum absolute atomic E-state index is 11.0. The zero-order valence-electron chi connectivity index (χ0n) is 15.2. The third kappa shape index (κ3) is 8.68. The Labute approximate surface area is 159 Å². The Balaban J connectivity index is 0. The summed E-state index contributed by atoms with van der Waals surface area (Å²) in [5.41, 5.74) is 1.13. The molecule has 3 nitrogen and oxygen atoms in total. The Hall–Kier alpha value is 0.130. The minimum atomic E-state index is -4.08. The number of rotatable bonds is 10. The van der Waals surface area contributed by atoms with Crippen LogP contribution in [0.25, 0.3) is 0 Å². The number of hydrogen-bond donors (Lipinski definition) is 1. The Morgan fingerprint density at radius 1 is 1.00 bits per heavy atom. The molecule has 122 valence electrons. The van der Waals surface area contributed by atoms with Gasteiger partial charge in [0.25, 0.3) is 10.1 Å².